The van der Waals surface area contributed by atoms with Gasteiger partial charge in [0.25, 0.3) is 5.91 Å². The molecule has 0 spiro atoms. The molecule has 120 valence electrons. The first-order valence-corrected chi connectivity index (χ1v) is 7.21. The molecule has 0 saturated heterocycles. The number of hydrogen-bond acceptors (Lipinski definition) is 5. The standard InChI is InChI=1S/C16H19N5O2/c1-10(2)21-15-7-13(19-9-20-15)11-4-3-5-12(6-11)16(23)18-8-14(17)22/h3-7,9-10H,8H2,1-2H3,(H2,17,22)(H,18,23)(H,19,20,21). The van der Waals surface area contributed by atoms with Gasteiger partial charge in [-0.15, -0.1) is 0 Å². The predicted octanol–water partition coefficient (Wildman–Crippen LogP) is 1.18. The first-order chi connectivity index (χ1) is 11.0. The molecule has 2 rings (SSSR count). The van der Waals surface area contributed by atoms with Crippen LogP contribution in [0.4, 0.5) is 5.82 Å². The van der Waals surface area contributed by atoms with Gasteiger partial charge in [-0.2, -0.15) is 0 Å². The number of rotatable bonds is 6. The first kappa shape index (κ1) is 16.4. The molecule has 23 heavy (non-hydrogen) atoms. The number of benzene rings is 1. The Bertz CT molecular complexity index is 715. The van der Waals surface area contributed by atoms with Crippen molar-refractivity contribution in [1.29, 1.82) is 0 Å². The van der Waals surface area contributed by atoms with Crippen LogP contribution in [0.25, 0.3) is 11.3 Å². The Morgan fingerprint density at radius 1 is 1.22 bits per heavy atom. The third-order valence-corrected chi connectivity index (χ3v) is 2.95. The number of carbonyl (C=O) groups is 2. The van der Waals surface area contributed by atoms with Gasteiger partial charge in [-0.25, -0.2) is 9.97 Å². The topological polar surface area (TPSA) is 110 Å². The van der Waals surface area contributed by atoms with Crippen molar-refractivity contribution >= 4 is 17.6 Å². The van der Waals surface area contributed by atoms with Crippen LogP contribution in [0.5, 0.6) is 0 Å². The van der Waals surface area contributed by atoms with E-state index < -0.39 is 5.91 Å². The Morgan fingerprint density at radius 2 is 2.00 bits per heavy atom. The van der Waals surface area contributed by atoms with Crippen LogP contribution in [-0.4, -0.2) is 34.4 Å². The number of amides is 2. The highest BCUT2D eigenvalue weighted by Gasteiger charge is 2.09. The van der Waals surface area contributed by atoms with Crippen molar-refractivity contribution < 1.29 is 9.59 Å². The van der Waals surface area contributed by atoms with Crippen LogP contribution >= 0.6 is 0 Å². The molecule has 1 heterocycles. The van der Waals surface area contributed by atoms with E-state index in [0.29, 0.717) is 17.1 Å². The molecule has 2 amide bonds. The highest BCUT2D eigenvalue weighted by atomic mass is 16.2. The molecular weight excluding hydrogens is 294 g/mol. The minimum Gasteiger partial charge on any atom is -0.368 e. The van der Waals surface area contributed by atoms with Gasteiger partial charge >= 0.3 is 0 Å². The summed E-state index contributed by atoms with van der Waals surface area (Å²) in [5.74, 6) is -0.233. The zero-order valence-corrected chi connectivity index (χ0v) is 13.0. The van der Waals surface area contributed by atoms with Gasteiger partial charge in [0.1, 0.15) is 12.1 Å². The SMILES string of the molecule is CC(C)Nc1cc(-c2cccc(C(=O)NCC(N)=O)c2)ncn1. The van der Waals surface area contributed by atoms with Gasteiger partial charge in [-0.05, 0) is 26.0 Å². The summed E-state index contributed by atoms with van der Waals surface area (Å²) >= 11 is 0. The van der Waals surface area contributed by atoms with Gasteiger partial charge < -0.3 is 16.4 Å². The highest BCUT2D eigenvalue weighted by Crippen LogP contribution is 2.20. The summed E-state index contributed by atoms with van der Waals surface area (Å²) in [4.78, 5) is 31.1. The first-order valence-electron chi connectivity index (χ1n) is 7.21. The summed E-state index contributed by atoms with van der Waals surface area (Å²) in [5, 5.41) is 5.66. The number of hydrogen-bond donors (Lipinski definition) is 3. The summed E-state index contributed by atoms with van der Waals surface area (Å²) in [6, 6.07) is 9.05. The lowest BCUT2D eigenvalue weighted by Gasteiger charge is -2.10. The fourth-order valence-corrected chi connectivity index (χ4v) is 1.98. The molecule has 0 saturated carbocycles. The van der Waals surface area contributed by atoms with E-state index in [9.17, 15) is 9.59 Å². The van der Waals surface area contributed by atoms with Crippen molar-refractivity contribution in [2.75, 3.05) is 11.9 Å². The Morgan fingerprint density at radius 3 is 2.70 bits per heavy atom. The van der Waals surface area contributed by atoms with Crippen molar-refractivity contribution in [2.24, 2.45) is 5.73 Å². The Labute approximate surface area is 134 Å². The van der Waals surface area contributed by atoms with Crippen LogP contribution in [0, 0.1) is 0 Å². The van der Waals surface area contributed by atoms with Gasteiger partial charge in [-0.1, -0.05) is 12.1 Å². The molecular formula is C16H19N5O2. The van der Waals surface area contributed by atoms with E-state index in [1.54, 1.807) is 18.2 Å². The number of primary amides is 1. The van der Waals surface area contributed by atoms with Crippen LogP contribution in [0.3, 0.4) is 0 Å². The average molecular weight is 313 g/mol. The Hall–Kier alpha value is -2.96. The van der Waals surface area contributed by atoms with E-state index in [0.717, 1.165) is 5.56 Å². The zero-order valence-electron chi connectivity index (χ0n) is 13.0. The predicted molar refractivity (Wildman–Crippen MR) is 87.8 cm³/mol. The molecule has 0 aliphatic rings. The Balaban J connectivity index is 2.22. The second-order valence-electron chi connectivity index (χ2n) is 5.32. The monoisotopic (exact) mass is 313 g/mol. The molecule has 0 radical (unpaired) electrons. The lowest BCUT2D eigenvalue weighted by molar-refractivity contribution is -0.117. The summed E-state index contributed by atoms with van der Waals surface area (Å²) < 4.78 is 0. The second kappa shape index (κ2) is 7.35. The van der Waals surface area contributed by atoms with Gasteiger partial charge in [0.15, 0.2) is 0 Å². The fourth-order valence-electron chi connectivity index (χ4n) is 1.98. The normalized spacial score (nSPS) is 10.4. The summed E-state index contributed by atoms with van der Waals surface area (Å²) in [5.41, 5.74) is 6.93. The van der Waals surface area contributed by atoms with E-state index in [4.69, 9.17) is 5.73 Å². The fraction of sp³-hybridized carbons (Fsp3) is 0.250. The largest absolute Gasteiger partial charge is 0.368 e. The molecule has 2 aromatic rings. The number of nitrogens with zero attached hydrogens (tertiary/aromatic N) is 2. The molecule has 0 unspecified atom stereocenters. The van der Waals surface area contributed by atoms with Gasteiger partial charge in [0, 0.05) is 23.2 Å². The van der Waals surface area contributed by atoms with Crippen LogP contribution < -0.4 is 16.4 Å². The molecule has 0 fully saturated rings. The van der Waals surface area contributed by atoms with Crippen molar-refractivity contribution in [3.05, 3.63) is 42.2 Å². The maximum atomic E-state index is 12.0. The maximum absolute atomic E-state index is 12.0. The minimum absolute atomic E-state index is 0.195. The molecule has 7 nitrogen and oxygen atoms in total. The van der Waals surface area contributed by atoms with Crippen molar-refractivity contribution in [3.8, 4) is 11.3 Å². The van der Waals surface area contributed by atoms with E-state index in [2.05, 4.69) is 20.6 Å². The van der Waals surface area contributed by atoms with Crippen LogP contribution in [0.15, 0.2) is 36.7 Å². The van der Waals surface area contributed by atoms with Gasteiger partial charge in [-0.3, -0.25) is 9.59 Å². The number of nitrogens with one attached hydrogen (secondary N) is 2. The van der Waals surface area contributed by atoms with E-state index in [1.807, 2.05) is 26.0 Å². The molecule has 0 aliphatic carbocycles. The van der Waals surface area contributed by atoms with Crippen LogP contribution in [0.2, 0.25) is 0 Å². The number of carbonyl (C=O) groups excluding carboxylic acids is 2. The van der Waals surface area contributed by atoms with Gasteiger partial charge in [0.2, 0.25) is 5.91 Å². The second-order valence-corrected chi connectivity index (χ2v) is 5.32. The number of nitrogens with two attached hydrogens (primary N) is 1. The molecule has 0 bridgehead atoms. The summed E-state index contributed by atoms with van der Waals surface area (Å²) in [6.45, 7) is 3.84. The van der Waals surface area contributed by atoms with Gasteiger partial charge in [0.05, 0.1) is 12.2 Å². The minimum atomic E-state index is -0.588. The third kappa shape index (κ3) is 4.77. The molecule has 1 aromatic carbocycles. The summed E-state index contributed by atoms with van der Waals surface area (Å²) in [6.07, 6.45) is 1.47. The van der Waals surface area contributed by atoms with Crippen molar-refractivity contribution in [1.82, 2.24) is 15.3 Å². The van der Waals surface area contributed by atoms with Crippen LogP contribution in [-0.2, 0) is 4.79 Å². The van der Waals surface area contributed by atoms with Crippen molar-refractivity contribution in [3.63, 3.8) is 0 Å². The molecule has 7 heteroatoms. The summed E-state index contributed by atoms with van der Waals surface area (Å²) in [7, 11) is 0. The maximum Gasteiger partial charge on any atom is 0.251 e. The highest BCUT2D eigenvalue weighted by molar-refractivity contribution is 5.97. The zero-order chi connectivity index (χ0) is 16.8. The molecule has 0 atom stereocenters. The molecule has 4 N–H and O–H groups in total. The lowest BCUT2D eigenvalue weighted by atomic mass is 10.1. The van der Waals surface area contributed by atoms with E-state index in [1.165, 1.54) is 6.33 Å². The average Bonchev–Trinajstić information content (AvgIpc) is 2.52. The lowest BCUT2D eigenvalue weighted by Crippen LogP contribution is -2.33. The van der Waals surface area contributed by atoms with E-state index in [-0.39, 0.29) is 18.5 Å². The van der Waals surface area contributed by atoms with E-state index >= 15 is 0 Å². The quantitative estimate of drug-likeness (QED) is 0.741. The van der Waals surface area contributed by atoms with Crippen LogP contribution in [0.1, 0.15) is 24.2 Å². The smallest absolute Gasteiger partial charge is 0.251 e. The molecule has 0 aliphatic heterocycles. The number of aromatic nitrogens is 2. The number of anilines is 1. The van der Waals surface area contributed by atoms with Crippen molar-refractivity contribution in [2.45, 2.75) is 19.9 Å². The molecule has 1 aromatic heterocycles. The third-order valence-electron chi connectivity index (χ3n) is 2.95. The Kier molecular flexibility index (Phi) is 5.24.